The number of carboxylic acid groups (broad SMARTS) is 1. The van der Waals surface area contributed by atoms with Crippen LogP contribution < -0.4 is 10.1 Å². The number of aromatic nitrogens is 1. The number of aliphatic carboxylic acids is 1. The summed E-state index contributed by atoms with van der Waals surface area (Å²) in [4.78, 5) is 28.5. The Morgan fingerprint density at radius 3 is 2.53 bits per heavy atom. The zero-order valence-corrected chi connectivity index (χ0v) is 19.3. The highest BCUT2D eigenvalue weighted by Crippen LogP contribution is 2.24. The van der Waals surface area contributed by atoms with Gasteiger partial charge in [-0.25, -0.2) is 4.39 Å². The SMILES string of the molecule is CC(C)CC(NC(=O)c1cc(COc2cccnc2)ccc1CCC(=O)O)c1ccc(F)cc1. The second-order valence-electron chi connectivity index (χ2n) is 8.57. The molecule has 1 amide bonds. The Bertz CT molecular complexity index is 1100. The number of carbonyl (C=O) groups excluding carboxylic acids is 1. The minimum atomic E-state index is -0.931. The van der Waals surface area contributed by atoms with E-state index in [1.165, 1.54) is 12.1 Å². The lowest BCUT2D eigenvalue weighted by Gasteiger charge is -2.22. The maximum Gasteiger partial charge on any atom is 0.303 e. The van der Waals surface area contributed by atoms with Crippen LogP contribution in [0.4, 0.5) is 4.39 Å². The van der Waals surface area contributed by atoms with Gasteiger partial charge in [0.15, 0.2) is 0 Å². The third-order valence-corrected chi connectivity index (χ3v) is 5.35. The van der Waals surface area contributed by atoms with Crippen LogP contribution >= 0.6 is 0 Å². The second-order valence-corrected chi connectivity index (χ2v) is 8.57. The molecule has 7 heteroatoms. The van der Waals surface area contributed by atoms with Crippen molar-refractivity contribution < 1.29 is 23.8 Å². The molecule has 3 rings (SSSR count). The molecule has 0 radical (unpaired) electrons. The fourth-order valence-electron chi connectivity index (χ4n) is 3.66. The first kappa shape index (κ1) is 24.9. The summed E-state index contributed by atoms with van der Waals surface area (Å²) in [5, 5.41) is 12.2. The molecule has 3 aromatic rings. The molecule has 2 aromatic carbocycles. The van der Waals surface area contributed by atoms with Gasteiger partial charge >= 0.3 is 5.97 Å². The summed E-state index contributed by atoms with van der Waals surface area (Å²) in [6, 6.07) is 14.7. The third-order valence-electron chi connectivity index (χ3n) is 5.35. The molecule has 0 aliphatic carbocycles. The van der Waals surface area contributed by atoms with Gasteiger partial charge in [0.25, 0.3) is 5.91 Å². The summed E-state index contributed by atoms with van der Waals surface area (Å²) in [6.45, 7) is 4.34. The van der Waals surface area contributed by atoms with Crippen LogP contribution in [0.1, 0.15) is 59.8 Å². The van der Waals surface area contributed by atoms with E-state index >= 15 is 0 Å². The van der Waals surface area contributed by atoms with Crippen molar-refractivity contribution in [1.82, 2.24) is 10.3 Å². The van der Waals surface area contributed by atoms with E-state index in [9.17, 15) is 14.0 Å². The lowest BCUT2D eigenvalue weighted by atomic mass is 9.95. The number of carboxylic acids is 1. The number of aryl methyl sites for hydroxylation is 1. The van der Waals surface area contributed by atoms with Crippen LogP contribution in [0.5, 0.6) is 5.75 Å². The van der Waals surface area contributed by atoms with Gasteiger partial charge in [0.2, 0.25) is 0 Å². The predicted molar refractivity (Wildman–Crippen MR) is 127 cm³/mol. The zero-order valence-electron chi connectivity index (χ0n) is 19.3. The van der Waals surface area contributed by atoms with Crippen LogP contribution in [0.3, 0.4) is 0 Å². The van der Waals surface area contributed by atoms with E-state index in [1.807, 2.05) is 6.07 Å². The van der Waals surface area contributed by atoms with E-state index in [1.54, 1.807) is 48.8 Å². The van der Waals surface area contributed by atoms with Gasteiger partial charge in [-0.1, -0.05) is 38.1 Å². The third kappa shape index (κ3) is 7.40. The number of ether oxygens (including phenoxy) is 1. The van der Waals surface area contributed by atoms with E-state index in [-0.39, 0.29) is 37.2 Å². The highest BCUT2D eigenvalue weighted by molar-refractivity contribution is 5.96. The molecule has 1 atom stereocenters. The van der Waals surface area contributed by atoms with Gasteiger partial charge in [0.1, 0.15) is 18.2 Å². The van der Waals surface area contributed by atoms with Crippen molar-refractivity contribution in [1.29, 1.82) is 0 Å². The summed E-state index contributed by atoms with van der Waals surface area (Å²) in [5.74, 6) is -0.675. The number of halogens is 1. The van der Waals surface area contributed by atoms with E-state index in [0.717, 1.165) is 11.1 Å². The van der Waals surface area contributed by atoms with E-state index in [4.69, 9.17) is 9.84 Å². The molecule has 0 aliphatic rings. The Morgan fingerprint density at radius 2 is 1.88 bits per heavy atom. The number of amides is 1. The van der Waals surface area contributed by atoms with Crippen LogP contribution in [-0.4, -0.2) is 22.0 Å². The zero-order chi connectivity index (χ0) is 24.5. The van der Waals surface area contributed by atoms with E-state index in [0.29, 0.717) is 29.2 Å². The Labute approximate surface area is 198 Å². The van der Waals surface area contributed by atoms with Gasteiger partial charge in [0.05, 0.1) is 12.2 Å². The first-order valence-corrected chi connectivity index (χ1v) is 11.2. The van der Waals surface area contributed by atoms with Crippen LogP contribution in [0, 0.1) is 11.7 Å². The summed E-state index contributed by atoms with van der Waals surface area (Å²) in [5.41, 5.74) is 2.64. The van der Waals surface area contributed by atoms with Crippen molar-refractivity contribution in [2.45, 2.75) is 45.8 Å². The monoisotopic (exact) mass is 464 g/mol. The number of hydrogen-bond acceptors (Lipinski definition) is 4. The summed E-state index contributed by atoms with van der Waals surface area (Å²) in [7, 11) is 0. The van der Waals surface area contributed by atoms with Crippen molar-refractivity contribution in [2.24, 2.45) is 5.92 Å². The van der Waals surface area contributed by atoms with Crippen LogP contribution in [0.15, 0.2) is 67.0 Å². The number of hydrogen-bond donors (Lipinski definition) is 2. The van der Waals surface area contributed by atoms with Crippen LogP contribution in [-0.2, 0) is 17.8 Å². The van der Waals surface area contributed by atoms with Crippen molar-refractivity contribution in [3.8, 4) is 5.75 Å². The smallest absolute Gasteiger partial charge is 0.303 e. The highest BCUT2D eigenvalue weighted by Gasteiger charge is 2.20. The molecule has 2 N–H and O–H groups in total. The molecule has 0 aliphatic heterocycles. The quantitative estimate of drug-likeness (QED) is 0.400. The molecule has 1 aromatic heterocycles. The summed E-state index contributed by atoms with van der Waals surface area (Å²) in [6.07, 6.45) is 4.08. The Hall–Kier alpha value is -3.74. The number of pyridine rings is 1. The molecular formula is C27H29FN2O4. The Kier molecular flexibility index (Phi) is 8.73. The normalized spacial score (nSPS) is 11.8. The van der Waals surface area contributed by atoms with E-state index in [2.05, 4.69) is 24.1 Å². The molecule has 6 nitrogen and oxygen atoms in total. The molecule has 0 spiro atoms. The maximum absolute atomic E-state index is 13.4. The van der Waals surface area contributed by atoms with Crippen LogP contribution in [0.25, 0.3) is 0 Å². The van der Waals surface area contributed by atoms with Crippen molar-refractivity contribution in [3.63, 3.8) is 0 Å². The van der Waals surface area contributed by atoms with Gasteiger partial charge in [-0.3, -0.25) is 14.6 Å². The number of nitrogens with zero attached hydrogens (tertiary/aromatic N) is 1. The molecule has 0 saturated carbocycles. The summed E-state index contributed by atoms with van der Waals surface area (Å²) >= 11 is 0. The highest BCUT2D eigenvalue weighted by atomic mass is 19.1. The summed E-state index contributed by atoms with van der Waals surface area (Å²) < 4.78 is 19.2. The molecule has 1 heterocycles. The molecule has 0 bridgehead atoms. The minimum Gasteiger partial charge on any atom is -0.487 e. The average Bonchev–Trinajstić information content (AvgIpc) is 2.82. The molecular weight excluding hydrogens is 435 g/mol. The molecule has 0 fully saturated rings. The van der Waals surface area contributed by atoms with Crippen molar-refractivity contribution >= 4 is 11.9 Å². The largest absolute Gasteiger partial charge is 0.487 e. The topological polar surface area (TPSA) is 88.5 Å². The van der Waals surface area contributed by atoms with Gasteiger partial charge < -0.3 is 15.2 Å². The Balaban J connectivity index is 1.85. The van der Waals surface area contributed by atoms with Gasteiger partial charge in [0, 0.05) is 18.2 Å². The number of rotatable bonds is 11. The fourth-order valence-corrected chi connectivity index (χ4v) is 3.66. The van der Waals surface area contributed by atoms with Crippen molar-refractivity contribution in [3.05, 3.63) is 95.1 Å². The first-order valence-electron chi connectivity index (χ1n) is 11.2. The molecule has 178 valence electrons. The van der Waals surface area contributed by atoms with Gasteiger partial charge in [-0.05, 0) is 65.8 Å². The van der Waals surface area contributed by atoms with Crippen LogP contribution in [0.2, 0.25) is 0 Å². The lowest BCUT2D eigenvalue weighted by molar-refractivity contribution is -0.136. The van der Waals surface area contributed by atoms with Crippen molar-refractivity contribution in [2.75, 3.05) is 0 Å². The maximum atomic E-state index is 13.4. The number of nitrogens with one attached hydrogen (secondary N) is 1. The minimum absolute atomic E-state index is 0.0841. The second kappa shape index (κ2) is 11.9. The predicted octanol–water partition coefficient (Wildman–Crippen LogP) is 5.33. The van der Waals surface area contributed by atoms with Gasteiger partial charge in [-0.15, -0.1) is 0 Å². The van der Waals surface area contributed by atoms with E-state index < -0.39 is 5.97 Å². The number of benzene rings is 2. The van der Waals surface area contributed by atoms with Gasteiger partial charge in [-0.2, -0.15) is 0 Å². The Morgan fingerprint density at radius 1 is 1.12 bits per heavy atom. The standard InChI is InChI=1S/C27H29FN2O4/c1-18(2)14-25(21-7-10-22(28)11-8-21)30-27(33)24-15-19(5-6-20(24)9-12-26(31)32)17-34-23-4-3-13-29-16-23/h3-8,10-11,13,15-16,18,25H,9,12,14,17H2,1-2H3,(H,30,33)(H,31,32). The average molecular weight is 465 g/mol. The molecule has 1 unspecified atom stereocenters. The molecule has 34 heavy (non-hydrogen) atoms. The number of carbonyl (C=O) groups is 2. The molecule has 0 saturated heterocycles. The first-order chi connectivity index (χ1) is 16.3. The lowest BCUT2D eigenvalue weighted by Crippen LogP contribution is -2.30. The fraction of sp³-hybridized carbons (Fsp3) is 0.296.